The first-order chi connectivity index (χ1) is 13.1. The van der Waals surface area contributed by atoms with E-state index < -0.39 is 9.84 Å². The largest absolute Gasteiger partial charge is 0.297 e. The average Bonchev–Trinajstić information content (AvgIpc) is 3.21. The van der Waals surface area contributed by atoms with Crippen molar-refractivity contribution >= 4 is 9.84 Å². The van der Waals surface area contributed by atoms with E-state index in [1.165, 1.54) is 0 Å². The quantitative estimate of drug-likeness (QED) is 0.702. The maximum absolute atomic E-state index is 13.1. The lowest BCUT2D eigenvalue weighted by molar-refractivity contribution is 0.325. The average molecular weight is 377 g/mol. The van der Waals surface area contributed by atoms with Crippen molar-refractivity contribution < 1.29 is 8.42 Å². The molecule has 5 nitrogen and oxygen atoms in total. The van der Waals surface area contributed by atoms with Gasteiger partial charge in [-0.1, -0.05) is 12.1 Å². The Hall–Kier alpha value is -2.57. The van der Waals surface area contributed by atoms with E-state index in [1.807, 2.05) is 42.6 Å². The van der Waals surface area contributed by atoms with Gasteiger partial charge >= 0.3 is 0 Å². The van der Waals surface area contributed by atoms with E-state index >= 15 is 0 Å². The first-order valence-corrected chi connectivity index (χ1v) is 10.6. The number of likely N-dealkylation sites (tertiary alicyclic amines) is 1. The fraction of sp³-hybridized carbons (Fsp3) is 0.238. The molecule has 3 aromatic rings. The van der Waals surface area contributed by atoms with E-state index in [1.54, 1.807) is 24.7 Å². The van der Waals surface area contributed by atoms with Crippen LogP contribution in [0.1, 0.15) is 17.0 Å². The van der Waals surface area contributed by atoms with Crippen molar-refractivity contribution in [2.45, 2.75) is 22.6 Å². The predicted octanol–water partition coefficient (Wildman–Crippen LogP) is 2.90. The molecule has 0 unspecified atom stereocenters. The van der Waals surface area contributed by atoms with E-state index in [-0.39, 0.29) is 11.2 Å². The summed E-state index contributed by atoms with van der Waals surface area (Å²) in [5.74, 6) is 0.0310. The number of aromatic nitrogens is 2. The van der Waals surface area contributed by atoms with Gasteiger partial charge in [0.05, 0.1) is 10.1 Å². The SMILES string of the molecule is O=S1(=O)c2ccc(-c3cccnc3)cc2[C@H]2CN(Cc3ccncc3)C[C@@H]21. The van der Waals surface area contributed by atoms with Gasteiger partial charge in [0.25, 0.3) is 0 Å². The van der Waals surface area contributed by atoms with E-state index in [4.69, 9.17) is 0 Å². The summed E-state index contributed by atoms with van der Waals surface area (Å²) in [6.45, 7) is 2.09. The lowest BCUT2D eigenvalue weighted by Crippen LogP contribution is -2.25. The second-order valence-electron chi connectivity index (χ2n) is 7.23. The summed E-state index contributed by atoms with van der Waals surface area (Å²) in [5, 5.41) is -0.349. The van der Waals surface area contributed by atoms with Crippen LogP contribution in [0.4, 0.5) is 0 Å². The zero-order valence-corrected chi connectivity index (χ0v) is 15.5. The van der Waals surface area contributed by atoms with Crippen molar-refractivity contribution in [1.82, 2.24) is 14.9 Å². The summed E-state index contributed by atoms with van der Waals surface area (Å²) in [7, 11) is -3.28. The van der Waals surface area contributed by atoms with Crippen LogP contribution in [0.5, 0.6) is 0 Å². The zero-order valence-electron chi connectivity index (χ0n) is 14.7. The Bertz CT molecular complexity index is 1080. The molecule has 0 amide bonds. The first-order valence-electron chi connectivity index (χ1n) is 9.02. The molecule has 2 aliphatic heterocycles. The Balaban J connectivity index is 1.49. The van der Waals surface area contributed by atoms with Crippen LogP contribution in [-0.4, -0.2) is 41.6 Å². The number of sulfone groups is 1. The third kappa shape index (κ3) is 2.76. The predicted molar refractivity (Wildman–Crippen MR) is 103 cm³/mol. The van der Waals surface area contributed by atoms with Gasteiger partial charge in [-0.2, -0.15) is 0 Å². The molecule has 1 fully saturated rings. The van der Waals surface area contributed by atoms with Crippen molar-refractivity contribution in [2.24, 2.45) is 0 Å². The minimum Gasteiger partial charge on any atom is -0.297 e. The third-order valence-electron chi connectivity index (χ3n) is 5.61. The minimum atomic E-state index is -3.28. The fourth-order valence-corrected chi connectivity index (χ4v) is 6.51. The van der Waals surface area contributed by atoms with Gasteiger partial charge in [-0.3, -0.25) is 14.9 Å². The summed E-state index contributed by atoms with van der Waals surface area (Å²) in [6, 6.07) is 13.6. The number of rotatable bonds is 3. The van der Waals surface area contributed by atoms with Crippen molar-refractivity contribution in [3.8, 4) is 11.1 Å². The normalized spacial score (nSPS) is 23.1. The molecular formula is C21H19N3O2S. The van der Waals surface area contributed by atoms with Crippen LogP contribution in [0, 0.1) is 0 Å². The molecule has 4 heterocycles. The fourth-order valence-electron chi connectivity index (χ4n) is 4.31. The molecule has 0 saturated carbocycles. The van der Waals surface area contributed by atoms with Crippen LogP contribution in [0.15, 0.2) is 72.1 Å². The van der Waals surface area contributed by atoms with Crippen LogP contribution < -0.4 is 0 Å². The first kappa shape index (κ1) is 16.6. The molecule has 136 valence electrons. The number of hydrogen-bond acceptors (Lipinski definition) is 5. The zero-order chi connectivity index (χ0) is 18.4. The Morgan fingerprint density at radius 3 is 2.59 bits per heavy atom. The summed E-state index contributed by atoms with van der Waals surface area (Å²) in [4.78, 5) is 11.0. The number of benzene rings is 1. The highest BCUT2D eigenvalue weighted by Gasteiger charge is 2.50. The molecule has 27 heavy (non-hydrogen) atoms. The van der Waals surface area contributed by atoms with Crippen LogP contribution in [0.25, 0.3) is 11.1 Å². The number of hydrogen-bond donors (Lipinski definition) is 0. The summed E-state index contributed by atoms with van der Waals surface area (Å²) < 4.78 is 26.1. The van der Waals surface area contributed by atoms with Gasteiger partial charge in [-0.15, -0.1) is 0 Å². The Morgan fingerprint density at radius 1 is 0.963 bits per heavy atom. The molecule has 0 radical (unpaired) electrons. The second kappa shape index (κ2) is 6.25. The van der Waals surface area contributed by atoms with Gasteiger partial charge in [0.1, 0.15) is 0 Å². The molecule has 0 aliphatic carbocycles. The number of pyridine rings is 2. The maximum atomic E-state index is 13.1. The Labute approximate surface area is 158 Å². The Kier molecular flexibility index (Phi) is 3.84. The van der Waals surface area contributed by atoms with E-state index in [0.29, 0.717) is 11.4 Å². The molecular weight excluding hydrogens is 358 g/mol. The molecule has 1 aromatic carbocycles. The Morgan fingerprint density at radius 2 is 1.81 bits per heavy atom. The smallest absolute Gasteiger partial charge is 0.183 e. The summed E-state index contributed by atoms with van der Waals surface area (Å²) in [5.41, 5.74) is 4.14. The van der Waals surface area contributed by atoms with Crippen molar-refractivity contribution in [2.75, 3.05) is 13.1 Å². The van der Waals surface area contributed by atoms with E-state index in [0.717, 1.165) is 35.3 Å². The topological polar surface area (TPSA) is 63.2 Å². The van der Waals surface area contributed by atoms with Crippen LogP contribution in [-0.2, 0) is 16.4 Å². The van der Waals surface area contributed by atoms with E-state index in [9.17, 15) is 8.42 Å². The lowest BCUT2D eigenvalue weighted by Gasteiger charge is -2.17. The molecule has 2 aliphatic rings. The highest BCUT2D eigenvalue weighted by Crippen LogP contribution is 2.46. The summed E-state index contributed by atoms with van der Waals surface area (Å²) in [6.07, 6.45) is 7.11. The molecule has 1 saturated heterocycles. The van der Waals surface area contributed by atoms with Gasteiger partial charge in [0, 0.05) is 50.3 Å². The van der Waals surface area contributed by atoms with Gasteiger partial charge in [-0.05, 0) is 52.6 Å². The van der Waals surface area contributed by atoms with E-state index in [2.05, 4.69) is 14.9 Å². The third-order valence-corrected chi connectivity index (χ3v) is 7.87. The number of fused-ring (bicyclic) bond motifs is 3. The second-order valence-corrected chi connectivity index (χ2v) is 9.37. The van der Waals surface area contributed by atoms with Gasteiger partial charge in [-0.25, -0.2) is 8.42 Å². The highest BCUT2D eigenvalue weighted by atomic mass is 32.2. The molecule has 2 atom stereocenters. The van der Waals surface area contributed by atoms with Crippen LogP contribution >= 0.6 is 0 Å². The monoisotopic (exact) mass is 377 g/mol. The molecule has 0 bridgehead atoms. The standard InChI is InChI=1S/C21H19N3O2S/c25-27(26)20-4-3-16(17-2-1-7-23-11-17)10-18(20)19-13-24(14-21(19)27)12-15-5-8-22-9-6-15/h1-11,19,21H,12-14H2/t19-,21+/m1/s1. The van der Waals surface area contributed by atoms with Gasteiger partial charge in [0.15, 0.2) is 9.84 Å². The summed E-state index contributed by atoms with van der Waals surface area (Å²) >= 11 is 0. The van der Waals surface area contributed by atoms with Crippen LogP contribution in [0.3, 0.4) is 0 Å². The lowest BCUT2D eigenvalue weighted by atomic mass is 9.95. The molecule has 0 N–H and O–H groups in total. The highest BCUT2D eigenvalue weighted by molar-refractivity contribution is 7.92. The molecule has 2 aromatic heterocycles. The molecule has 5 rings (SSSR count). The van der Waals surface area contributed by atoms with Gasteiger partial charge in [0.2, 0.25) is 0 Å². The molecule has 0 spiro atoms. The van der Waals surface area contributed by atoms with Crippen LogP contribution in [0.2, 0.25) is 0 Å². The minimum absolute atomic E-state index is 0.0310. The van der Waals surface area contributed by atoms with Crippen molar-refractivity contribution in [1.29, 1.82) is 0 Å². The maximum Gasteiger partial charge on any atom is 0.183 e. The number of nitrogens with zero attached hydrogens (tertiary/aromatic N) is 3. The molecule has 6 heteroatoms. The van der Waals surface area contributed by atoms with Crippen molar-refractivity contribution in [3.63, 3.8) is 0 Å². The van der Waals surface area contributed by atoms with Crippen molar-refractivity contribution in [3.05, 3.63) is 78.4 Å². The van der Waals surface area contributed by atoms with Gasteiger partial charge < -0.3 is 0 Å².